The van der Waals surface area contributed by atoms with Gasteiger partial charge in [0.25, 0.3) is 5.91 Å². The predicted octanol–water partition coefficient (Wildman–Crippen LogP) is 1.05. The van der Waals surface area contributed by atoms with Crippen LogP contribution in [0.3, 0.4) is 0 Å². The summed E-state index contributed by atoms with van der Waals surface area (Å²) in [4.78, 5) is 42.7. The molecule has 2 heterocycles. The molecule has 1 saturated carbocycles. The van der Waals surface area contributed by atoms with Crippen LogP contribution in [-0.4, -0.2) is 70.8 Å². The second-order valence-corrected chi connectivity index (χ2v) is 7.94. The summed E-state index contributed by atoms with van der Waals surface area (Å²) in [5, 5.41) is 2.79. The molecule has 0 spiro atoms. The molecule has 27 heavy (non-hydrogen) atoms. The van der Waals surface area contributed by atoms with Gasteiger partial charge in [-0.25, -0.2) is 4.79 Å². The highest BCUT2D eigenvalue weighted by Gasteiger charge is 2.56. The van der Waals surface area contributed by atoms with Crippen LogP contribution in [0, 0.1) is 5.92 Å². The van der Waals surface area contributed by atoms with Crippen LogP contribution < -0.4 is 5.32 Å². The molecule has 1 atom stereocenters. The number of hydrogen-bond acceptors (Lipinski definition) is 4. The van der Waals surface area contributed by atoms with Crippen molar-refractivity contribution in [3.8, 4) is 0 Å². The fourth-order valence-corrected chi connectivity index (χ4v) is 4.03. The number of hydrogen-bond donors (Lipinski definition) is 1. The molecule has 0 unspecified atom stereocenters. The SMILES string of the molecule is C[C@@]1(C2CC2)NC(=O)N(CC(=O)N2CCN(Cc3ccccc3)CC2)C1=O. The minimum atomic E-state index is -0.828. The Bertz CT molecular complexity index is 741. The molecule has 7 nitrogen and oxygen atoms in total. The van der Waals surface area contributed by atoms with Gasteiger partial charge < -0.3 is 10.2 Å². The average molecular weight is 370 g/mol. The summed E-state index contributed by atoms with van der Waals surface area (Å²) in [5.74, 6) is -0.209. The van der Waals surface area contributed by atoms with Crippen molar-refractivity contribution in [1.82, 2.24) is 20.0 Å². The van der Waals surface area contributed by atoms with Crippen LogP contribution in [0.25, 0.3) is 0 Å². The Morgan fingerprint density at radius 1 is 1.11 bits per heavy atom. The highest BCUT2D eigenvalue weighted by atomic mass is 16.2. The maximum atomic E-state index is 12.7. The van der Waals surface area contributed by atoms with E-state index in [0.29, 0.717) is 13.1 Å². The summed E-state index contributed by atoms with van der Waals surface area (Å²) >= 11 is 0. The highest BCUT2D eigenvalue weighted by Crippen LogP contribution is 2.42. The molecule has 4 amide bonds. The monoisotopic (exact) mass is 370 g/mol. The Hall–Kier alpha value is -2.41. The summed E-state index contributed by atoms with van der Waals surface area (Å²) < 4.78 is 0. The Balaban J connectivity index is 1.30. The molecule has 2 saturated heterocycles. The Kier molecular flexibility index (Phi) is 4.63. The Morgan fingerprint density at radius 2 is 1.78 bits per heavy atom. The van der Waals surface area contributed by atoms with Gasteiger partial charge in [-0.05, 0) is 31.2 Å². The highest BCUT2D eigenvalue weighted by molar-refractivity contribution is 6.09. The van der Waals surface area contributed by atoms with Crippen LogP contribution in [0.15, 0.2) is 30.3 Å². The molecule has 2 aliphatic heterocycles. The minimum Gasteiger partial charge on any atom is -0.339 e. The van der Waals surface area contributed by atoms with E-state index in [4.69, 9.17) is 0 Å². The zero-order chi connectivity index (χ0) is 19.0. The number of nitrogens with one attached hydrogen (secondary N) is 1. The van der Waals surface area contributed by atoms with Crippen LogP contribution in [0.5, 0.6) is 0 Å². The standard InChI is InChI=1S/C20H26N4O3/c1-20(16-7-8-16)18(26)24(19(27)21-20)14-17(25)23-11-9-22(10-12-23)13-15-5-3-2-4-6-15/h2-6,16H,7-14H2,1H3,(H,21,27)/t20-/m0/s1. The van der Waals surface area contributed by atoms with Crippen molar-refractivity contribution in [2.75, 3.05) is 32.7 Å². The number of piperazine rings is 1. The summed E-state index contributed by atoms with van der Waals surface area (Å²) in [5.41, 5.74) is 0.433. The number of rotatable bonds is 5. The molecular formula is C20H26N4O3. The zero-order valence-corrected chi connectivity index (χ0v) is 15.7. The zero-order valence-electron chi connectivity index (χ0n) is 15.7. The number of urea groups is 1. The maximum Gasteiger partial charge on any atom is 0.325 e. The topological polar surface area (TPSA) is 73.0 Å². The molecule has 1 aromatic carbocycles. The lowest BCUT2D eigenvalue weighted by Crippen LogP contribution is -2.52. The first-order chi connectivity index (χ1) is 13.0. The van der Waals surface area contributed by atoms with Gasteiger partial charge in [0.2, 0.25) is 5.91 Å². The fourth-order valence-electron chi connectivity index (χ4n) is 4.03. The summed E-state index contributed by atoms with van der Waals surface area (Å²) in [6.07, 6.45) is 1.90. The number of imide groups is 1. The van der Waals surface area contributed by atoms with E-state index in [1.165, 1.54) is 5.56 Å². The van der Waals surface area contributed by atoms with Crippen molar-refractivity contribution in [2.45, 2.75) is 31.8 Å². The number of nitrogens with zero attached hydrogens (tertiary/aromatic N) is 3. The molecule has 1 N–H and O–H groups in total. The maximum absolute atomic E-state index is 12.7. The van der Waals surface area contributed by atoms with E-state index in [2.05, 4.69) is 22.3 Å². The summed E-state index contributed by atoms with van der Waals surface area (Å²) in [7, 11) is 0. The van der Waals surface area contributed by atoms with Gasteiger partial charge in [0.1, 0.15) is 12.1 Å². The predicted molar refractivity (Wildman–Crippen MR) is 99.7 cm³/mol. The smallest absolute Gasteiger partial charge is 0.325 e. The lowest BCUT2D eigenvalue weighted by molar-refractivity contribution is -0.140. The van der Waals surface area contributed by atoms with Gasteiger partial charge in [0.15, 0.2) is 0 Å². The molecule has 0 bridgehead atoms. The lowest BCUT2D eigenvalue weighted by atomic mass is 9.96. The quantitative estimate of drug-likeness (QED) is 0.787. The van der Waals surface area contributed by atoms with Crippen molar-refractivity contribution >= 4 is 17.8 Å². The van der Waals surface area contributed by atoms with Crippen LogP contribution in [0.2, 0.25) is 0 Å². The van der Waals surface area contributed by atoms with Gasteiger partial charge in [0, 0.05) is 32.7 Å². The van der Waals surface area contributed by atoms with Crippen molar-refractivity contribution in [3.05, 3.63) is 35.9 Å². The molecule has 7 heteroatoms. The second-order valence-electron chi connectivity index (χ2n) is 7.94. The van der Waals surface area contributed by atoms with Crippen LogP contribution in [0.1, 0.15) is 25.3 Å². The van der Waals surface area contributed by atoms with Gasteiger partial charge in [-0.3, -0.25) is 19.4 Å². The molecule has 1 aliphatic carbocycles. The Labute approximate surface area is 159 Å². The molecular weight excluding hydrogens is 344 g/mol. The number of carbonyl (C=O) groups is 3. The van der Waals surface area contributed by atoms with Crippen molar-refractivity contribution in [2.24, 2.45) is 5.92 Å². The molecule has 0 radical (unpaired) electrons. The average Bonchev–Trinajstić information content (AvgIpc) is 3.49. The van der Waals surface area contributed by atoms with E-state index >= 15 is 0 Å². The number of carbonyl (C=O) groups excluding carboxylic acids is 3. The van der Waals surface area contributed by atoms with Crippen LogP contribution in [-0.2, 0) is 16.1 Å². The normalized spacial score (nSPS) is 26.4. The Morgan fingerprint density at radius 3 is 2.41 bits per heavy atom. The summed E-state index contributed by atoms with van der Waals surface area (Å²) in [6, 6.07) is 9.83. The third-order valence-corrected chi connectivity index (χ3v) is 5.96. The van der Waals surface area contributed by atoms with Crippen LogP contribution >= 0.6 is 0 Å². The van der Waals surface area contributed by atoms with E-state index in [9.17, 15) is 14.4 Å². The van der Waals surface area contributed by atoms with Gasteiger partial charge >= 0.3 is 6.03 Å². The first-order valence-corrected chi connectivity index (χ1v) is 9.65. The second kappa shape index (κ2) is 6.96. The third kappa shape index (κ3) is 3.56. The van der Waals surface area contributed by atoms with E-state index < -0.39 is 11.6 Å². The van der Waals surface area contributed by atoms with E-state index in [1.807, 2.05) is 18.2 Å². The molecule has 4 rings (SSSR count). The largest absolute Gasteiger partial charge is 0.339 e. The molecule has 0 aromatic heterocycles. The minimum absolute atomic E-state index is 0.155. The van der Waals surface area contributed by atoms with Crippen LogP contribution in [0.4, 0.5) is 4.79 Å². The first-order valence-electron chi connectivity index (χ1n) is 9.65. The van der Waals surface area contributed by atoms with Gasteiger partial charge in [0.05, 0.1) is 0 Å². The molecule has 144 valence electrons. The van der Waals surface area contributed by atoms with Crippen molar-refractivity contribution in [3.63, 3.8) is 0 Å². The van der Waals surface area contributed by atoms with Crippen molar-refractivity contribution < 1.29 is 14.4 Å². The number of amides is 4. The van der Waals surface area contributed by atoms with Gasteiger partial charge in [-0.2, -0.15) is 0 Å². The third-order valence-electron chi connectivity index (χ3n) is 5.96. The van der Waals surface area contributed by atoms with E-state index in [1.54, 1.807) is 11.8 Å². The summed E-state index contributed by atoms with van der Waals surface area (Å²) in [6.45, 7) is 5.31. The van der Waals surface area contributed by atoms with Gasteiger partial charge in [-0.15, -0.1) is 0 Å². The molecule has 1 aromatic rings. The number of benzene rings is 1. The fraction of sp³-hybridized carbons (Fsp3) is 0.550. The molecule has 3 aliphatic rings. The molecule has 3 fully saturated rings. The van der Waals surface area contributed by atoms with Gasteiger partial charge in [-0.1, -0.05) is 30.3 Å². The van der Waals surface area contributed by atoms with E-state index in [-0.39, 0.29) is 24.3 Å². The first kappa shape index (κ1) is 18.0. The lowest BCUT2D eigenvalue weighted by Gasteiger charge is -2.35. The van der Waals surface area contributed by atoms with Crippen molar-refractivity contribution in [1.29, 1.82) is 0 Å². The van der Waals surface area contributed by atoms with E-state index in [0.717, 1.165) is 37.4 Å².